The minimum Gasteiger partial charge on any atom is -0.454 e. The fraction of sp³-hybridized carbons (Fsp3) is 0.300. The van der Waals surface area contributed by atoms with Crippen LogP contribution in [0.2, 0.25) is 0 Å². The minimum absolute atomic E-state index is 0.00776. The van der Waals surface area contributed by atoms with Crippen LogP contribution in [0.1, 0.15) is 47.1 Å². The fourth-order valence-corrected chi connectivity index (χ4v) is 2.92. The van der Waals surface area contributed by atoms with Crippen molar-refractivity contribution in [3.8, 4) is 0 Å². The molecule has 0 saturated carbocycles. The van der Waals surface area contributed by atoms with Crippen LogP contribution >= 0.6 is 0 Å². The third-order valence-electron chi connectivity index (χ3n) is 3.93. The van der Waals surface area contributed by atoms with E-state index in [9.17, 15) is 18.0 Å². The summed E-state index contributed by atoms with van der Waals surface area (Å²) in [7, 11) is -3.33. The van der Waals surface area contributed by atoms with E-state index in [0.717, 1.165) is 11.8 Å². The Bertz CT molecular complexity index is 902. The first-order chi connectivity index (χ1) is 12.0. The molecule has 0 amide bonds. The predicted octanol–water partition coefficient (Wildman–Crippen LogP) is 3.43. The lowest BCUT2D eigenvalue weighted by Crippen LogP contribution is -2.15. The van der Waals surface area contributed by atoms with Crippen molar-refractivity contribution in [3.05, 3.63) is 65.2 Å². The van der Waals surface area contributed by atoms with Crippen LogP contribution in [-0.2, 0) is 20.0 Å². The summed E-state index contributed by atoms with van der Waals surface area (Å²) < 4.78 is 27.9. The van der Waals surface area contributed by atoms with E-state index < -0.39 is 15.8 Å². The van der Waals surface area contributed by atoms with Crippen LogP contribution in [-0.4, -0.2) is 33.0 Å². The summed E-state index contributed by atoms with van der Waals surface area (Å²) in [5, 5.41) is 0. The topological polar surface area (TPSA) is 77.5 Å². The second-order valence-electron chi connectivity index (χ2n) is 7.12. The molecule has 0 aromatic heterocycles. The zero-order chi connectivity index (χ0) is 19.5. The second kappa shape index (κ2) is 7.41. The van der Waals surface area contributed by atoms with Crippen LogP contribution < -0.4 is 0 Å². The van der Waals surface area contributed by atoms with Crippen molar-refractivity contribution in [2.75, 3.05) is 12.9 Å². The number of hydrogen-bond acceptors (Lipinski definition) is 5. The molecule has 138 valence electrons. The van der Waals surface area contributed by atoms with Gasteiger partial charge in [0.05, 0.1) is 10.5 Å². The third-order valence-corrected chi connectivity index (χ3v) is 5.05. The summed E-state index contributed by atoms with van der Waals surface area (Å²) in [6.07, 6.45) is 1.09. The number of carbonyl (C=O) groups is 2. The molecule has 6 heteroatoms. The lowest BCUT2D eigenvalue weighted by atomic mass is 9.86. The number of esters is 1. The first-order valence-corrected chi connectivity index (χ1v) is 9.98. The van der Waals surface area contributed by atoms with E-state index in [4.69, 9.17) is 4.74 Å². The molecule has 5 nitrogen and oxygen atoms in total. The number of sulfone groups is 1. The number of benzene rings is 2. The fourth-order valence-electron chi connectivity index (χ4n) is 2.29. The van der Waals surface area contributed by atoms with E-state index in [1.807, 2.05) is 12.1 Å². The molecule has 0 aliphatic rings. The highest BCUT2D eigenvalue weighted by molar-refractivity contribution is 7.90. The number of rotatable bonds is 5. The summed E-state index contributed by atoms with van der Waals surface area (Å²) in [5.41, 5.74) is 1.76. The highest BCUT2D eigenvalue weighted by Gasteiger charge is 2.16. The highest BCUT2D eigenvalue weighted by atomic mass is 32.2. The van der Waals surface area contributed by atoms with Crippen molar-refractivity contribution in [2.45, 2.75) is 31.1 Å². The Balaban J connectivity index is 1.99. The molecule has 0 aliphatic carbocycles. The number of ketones is 1. The van der Waals surface area contributed by atoms with Crippen LogP contribution in [0, 0.1) is 0 Å². The molecule has 0 N–H and O–H groups in total. The lowest BCUT2D eigenvalue weighted by Gasteiger charge is -2.18. The van der Waals surface area contributed by atoms with Gasteiger partial charge in [-0.1, -0.05) is 45.0 Å². The Labute approximate surface area is 153 Å². The van der Waals surface area contributed by atoms with E-state index in [1.165, 1.54) is 24.3 Å². The predicted molar refractivity (Wildman–Crippen MR) is 99.3 cm³/mol. The average molecular weight is 374 g/mol. The van der Waals surface area contributed by atoms with Gasteiger partial charge in [-0.2, -0.15) is 0 Å². The van der Waals surface area contributed by atoms with Crippen LogP contribution in [0.25, 0.3) is 0 Å². The SMILES string of the molecule is CC(C)(C)c1ccc(C(=O)COC(=O)c2ccc(S(C)(=O)=O)cc2)cc1. The maximum absolute atomic E-state index is 12.2. The van der Waals surface area contributed by atoms with E-state index in [0.29, 0.717) is 5.56 Å². The Morgan fingerprint density at radius 3 is 1.85 bits per heavy atom. The summed E-state index contributed by atoms with van der Waals surface area (Å²) in [6.45, 7) is 5.88. The Kier molecular flexibility index (Phi) is 5.66. The van der Waals surface area contributed by atoms with Crippen molar-refractivity contribution in [1.82, 2.24) is 0 Å². The molecule has 0 heterocycles. The molecule has 2 aromatic carbocycles. The van der Waals surface area contributed by atoms with Gasteiger partial charge in [-0.15, -0.1) is 0 Å². The molecule has 2 rings (SSSR count). The van der Waals surface area contributed by atoms with Gasteiger partial charge in [0.1, 0.15) is 0 Å². The van der Waals surface area contributed by atoms with Gasteiger partial charge in [0.25, 0.3) is 0 Å². The normalized spacial score (nSPS) is 11.8. The molecule has 0 aliphatic heterocycles. The Morgan fingerprint density at radius 2 is 1.38 bits per heavy atom. The van der Waals surface area contributed by atoms with Crippen LogP contribution in [0.15, 0.2) is 53.4 Å². The first-order valence-electron chi connectivity index (χ1n) is 8.09. The zero-order valence-corrected chi connectivity index (χ0v) is 16.1. The van der Waals surface area contributed by atoms with Gasteiger partial charge < -0.3 is 4.74 Å². The summed E-state index contributed by atoms with van der Waals surface area (Å²) >= 11 is 0. The first kappa shape index (κ1) is 19.8. The van der Waals surface area contributed by atoms with E-state index in [-0.39, 0.29) is 28.3 Å². The molecular formula is C20H22O5S. The number of ether oxygens (including phenoxy) is 1. The lowest BCUT2D eigenvalue weighted by molar-refractivity contribution is 0.0474. The summed E-state index contributed by atoms with van der Waals surface area (Å²) in [4.78, 5) is 24.3. The minimum atomic E-state index is -3.33. The van der Waals surface area contributed by atoms with Gasteiger partial charge in [0.15, 0.2) is 22.2 Å². The average Bonchev–Trinajstić information content (AvgIpc) is 2.58. The van der Waals surface area contributed by atoms with Crippen LogP contribution in [0.3, 0.4) is 0 Å². The van der Waals surface area contributed by atoms with Crippen molar-refractivity contribution >= 4 is 21.6 Å². The van der Waals surface area contributed by atoms with Gasteiger partial charge in [-0.05, 0) is 35.2 Å². The van der Waals surface area contributed by atoms with E-state index in [1.54, 1.807) is 12.1 Å². The quantitative estimate of drug-likeness (QED) is 0.592. The number of carbonyl (C=O) groups excluding carboxylic acids is 2. The van der Waals surface area contributed by atoms with Gasteiger partial charge in [0.2, 0.25) is 0 Å². The third kappa shape index (κ3) is 5.02. The molecule has 0 fully saturated rings. The largest absolute Gasteiger partial charge is 0.454 e. The maximum atomic E-state index is 12.2. The van der Waals surface area contributed by atoms with Gasteiger partial charge in [0, 0.05) is 11.8 Å². The molecule has 26 heavy (non-hydrogen) atoms. The van der Waals surface area contributed by atoms with E-state index in [2.05, 4.69) is 20.8 Å². The van der Waals surface area contributed by atoms with Crippen molar-refractivity contribution in [2.24, 2.45) is 0 Å². The number of Topliss-reactive ketones (excluding diaryl/α,β-unsaturated/α-hetero) is 1. The molecule has 0 bridgehead atoms. The van der Waals surface area contributed by atoms with Crippen LogP contribution in [0.5, 0.6) is 0 Å². The maximum Gasteiger partial charge on any atom is 0.338 e. The monoisotopic (exact) mass is 374 g/mol. The smallest absolute Gasteiger partial charge is 0.338 e. The van der Waals surface area contributed by atoms with E-state index >= 15 is 0 Å². The summed E-state index contributed by atoms with van der Waals surface area (Å²) in [6, 6.07) is 12.6. The van der Waals surface area contributed by atoms with Gasteiger partial charge >= 0.3 is 5.97 Å². The highest BCUT2D eigenvalue weighted by Crippen LogP contribution is 2.22. The van der Waals surface area contributed by atoms with Gasteiger partial charge in [-0.3, -0.25) is 4.79 Å². The molecule has 0 atom stereocenters. The molecule has 0 saturated heterocycles. The second-order valence-corrected chi connectivity index (χ2v) is 9.14. The molecule has 0 spiro atoms. The number of hydrogen-bond donors (Lipinski definition) is 0. The standard InChI is InChI=1S/C20H22O5S/c1-20(2,3)16-9-5-14(6-10-16)18(21)13-25-19(22)15-7-11-17(12-8-15)26(4,23)24/h5-12H,13H2,1-4H3. The summed E-state index contributed by atoms with van der Waals surface area (Å²) in [5.74, 6) is -0.976. The van der Waals surface area contributed by atoms with Crippen molar-refractivity contribution in [1.29, 1.82) is 0 Å². The van der Waals surface area contributed by atoms with Crippen LogP contribution in [0.4, 0.5) is 0 Å². The van der Waals surface area contributed by atoms with Gasteiger partial charge in [-0.25, -0.2) is 13.2 Å². The molecular weight excluding hydrogens is 352 g/mol. The molecule has 0 radical (unpaired) electrons. The Morgan fingerprint density at radius 1 is 0.885 bits per heavy atom. The van der Waals surface area contributed by atoms with Crippen molar-refractivity contribution in [3.63, 3.8) is 0 Å². The zero-order valence-electron chi connectivity index (χ0n) is 15.3. The molecule has 2 aromatic rings. The molecule has 0 unspecified atom stereocenters. The van der Waals surface area contributed by atoms with Crippen molar-refractivity contribution < 1.29 is 22.7 Å². The Hall–Kier alpha value is -2.47.